The highest BCUT2D eigenvalue weighted by molar-refractivity contribution is 6.29. The number of rotatable bonds is 2. The molecule has 3 heteroatoms. The van der Waals surface area contributed by atoms with Gasteiger partial charge in [-0.15, -0.1) is 0 Å². The van der Waals surface area contributed by atoms with Crippen LogP contribution < -0.4 is 0 Å². The van der Waals surface area contributed by atoms with E-state index in [0.717, 1.165) is 5.56 Å². The molecule has 0 amide bonds. The molecule has 2 nitrogen and oxygen atoms in total. The third-order valence-corrected chi connectivity index (χ3v) is 1.75. The predicted molar refractivity (Wildman–Crippen MR) is 44.5 cm³/mol. The van der Waals surface area contributed by atoms with Crippen molar-refractivity contribution in [2.24, 2.45) is 0 Å². The molecule has 60 valence electrons. The molecule has 11 heavy (non-hydrogen) atoms. The van der Waals surface area contributed by atoms with Crippen molar-refractivity contribution in [2.45, 2.75) is 19.4 Å². The number of aromatic nitrogens is 1. The van der Waals surface area contributed by atoms with Crippen LogP contribution in [0.1, 0.15) is 25.0 Å². The Morgan fingerprint density at radius 2 is 2.36 bits per heavy atom. The predicted octanol–water partition coefficient (Wildman–Crippen LogP) is 2.18. The van der Waals surface area contributed by atoms with Crippen LogP contribution in [-0.2, 0) is 0 Å². The summed E-state index contributed by atoms with van der Waals surface area (Å²) in [6.07, 6.45) is 1.87. The topological polar surface area (TPSA) is 33.1 Å². The zero-order valence-corrected chi connectivity index (χ0v) is 7.04. The number of aliphatic hydroxyl groups is 1. The van der Waals surface area contributed by atoms with Gasteiger partial charge in [0, 0.05) is 6.20 Å². The summed E-state index contributed by atoms with van der Waals surface area (Å²) in [5, 5.41) is 9.79. The summed E-state index contributed by atoms with van der Waals surface area (Å²) < 4.78 is 0. The van der Waals surface area contributed by atoms with Gasteiger partial charge >= 0.3 is 0 Å². The van der Waals surface area contributed by atoms with Gasteiger partial charge in [-0.1, -0.05) is 24.6 Å². The van der Waals surface area contributed by atoms with Crippen LogP contribution in [-0.4, -0.2) is 10.1 Å². The third kappa shape index (κ3) is 2.17. The fourth-order valence-electron chi connectivity index (χ4n) is 0.820. The monoisotopic (exact) mass is 171 g/mol. The number of halogens is 1. The van der Waals surface area contributed by atoms with E-state index in [0.29, 0.717) is 11.6 Å². The second-order valence-corrected chi connectivity index (χ2v) is 2.73. The second kappa shape index (κ2) is 3.69. The Bertz CT molecular complexity index is 222. The minimum absolute atomic E-state index is 0.417. The van der Waals surface area contributed by atoms with Gasteiger partial charge in [0.1, 0.15) is 5.15 Å². The molecule has 1 aromatic rings. The minimum atomic E-state index is -0.417. The van der Waals surface area contributed by atoms with Crippen molar-refractivity contribution in [1.29, 1.82) is 0 Å². The average Bonchev–Trinajstić information content (AvgIpc) is 2.05. The molecule has 1 atom stereocenters. The van der Waals surface area contributed by atoms with Gasteiger partial charge in [0.2, 0.25) is 0 Å². The molecular formula is C8H10ClNO. The molecule has 0 fully saturated rings. The Hall–Kier alpha value is -0.600. The number of hydrogen-bond donors (Lipinski definition) is 1. The second-order valence-electron chi connectivity index (χ2n) is 2.34. The van der Waals surface area contributed by atoms with Crippen molar-refractivity contribution in [3.05, 3.63) is 29.0 Å². The quantitative estimate of drug-likeness (QED) is 0.692. The van der Waals surface area contributed by atoms with Crippen molar-refractivity contribution >= 4 is 11.6 Å². The molecule has 1 aromatic heterocycles. The van der Waals surface area contributed by atoms with Crippen LogP contribution in [0.5, 0.6) is 0 Å². The zero-order valence-electron chi connectivity index (χ0n) is 6.29. The Labute approximate surface area is 70.8 Å². The highest BCUT2D eigenvalue weighted by Gasteiger charge is 2.03. The van der Waals surface area contributed by atoms with Crippen LogP contribution in [0.25, 0.3) is 0 Å². The number of hydrogen-bond acceptors (Lipinski definition) is 2. The lowest BCUT2D eigenvalue weighted by molar-refractivity contribution is 0.173. The van der Waals surface area contributed by atoms with Gasteiger partial charge in [0.15, 0.2) is 0 Å². The zero-order chi connectivity index (χ0) is 8.27. The molecular weight excluding hydrogens is 162 g/mol. The molecule has 0 saturated heterocycles. The largest absolute Gasteiger partial charge is 0.388 e. The third-order valence-electron chi connectivity index (χ3n) is 1.52. The van der Waals surface area contributed by atoms with Gasteiger partial charge in [-0.3, -0.25) is 0 Å². The maximum atomic E-state index is 9.34. The smallest absolute Gasteiger partial charge is 0.129 e. The van der Waals surface area contributed by atoms with Crippen molar-refractivity contribution in [3.8, 4) is 0 Å². The van der Waals surface area contributed by atoms with E-state index < -0.39 is 6.10 Å². The highest BCUT2D eigenvalue weighted by Crippen LogP contribution is 2.15. The lowest BCUT2D eigenvalue weighted by Crippen LogP contribution is -1.94. The van der Waals surface area contributed by atoms with Crippen LogP contribution in [0, 0.1) is 0 Å². The van der Waals surface area contributed by atoms with Crippen molar-refractivity contribution in [3.63, 3.8) is 0 Å². The summed E-state index contributed by atoms with van der Waals surface area (Å²) in [6.45, 7) is 1.92. The van der Waals surface area contributed by atoms with Crippen LogP contribution in [0.4, 0.5) is 0 Å². The first-order chi connectivity index (χ1) is 5.24. The van der Waals surface area contributed by atoms with Gasteiger partial charge in [0.25, 0.3) is 0 Å². The highest BCUT2D eigenvalue weighted by atomic mass is 35.5. The molecule has 1 heterocycles. The van der Waals surface area contributed by atoms with Crippen LogP contribution >= 0.6 is 11.6 Å². The van der Waals surface area contributed by atoms with E-state index >= 15 is 0 Å². The van der Waals surface area contributed by atoms with Gasteiger partial charge in [-0.05, 0) is 18.1 Å². The Kier molecular flexibility index (Phi) is 2.85. The van der Waals surface area contributed by atoms with Gasteiger partial charge in [0.05, 0.1) is 6.10 Å². The van der Waals surface area contributed by atoms with Crippen molar-refractivity contribution in [1.82, 2.24) is 4.98 Å². The van der Waals surface area contributed by atoms with E-state index in [4.69, 9.17) is 11.6 Å². The molecule has 0 bridgehead atoms. The molecule has 0 aliphatic carbocycles. The number of aliphatic hydroxyl groups excluding tert-OH is 1. The van der Waals surface area contributed by atoms with Crippen molar-refractivity contribution in [2.75, 3.05) is 0 Å². The maximum Gasteiger partial charge on any atom is 0.129 e. The Morgan fingerprint density at radius 3 is 2.82 bits per heavy atom. The molecule has 0 aromatic carbocycles. The van der Waals surface area contributed by atoms with Gasteiger partial charge < -0.3 is 5.11 Å². The average molecular weight is 172 g/mol. The fraction of sp³-hybridized carbons (Fsp3) is 0.375. The molecule has 1 N–H and O–H groups in total. The molecule has 1 rings (SSSR count). The van der Waals surface area contributed by atoms with E-state index in [-0.39, 0.29) is 0 Å². The Morgan fingerprint density at radius 1 is 1.64 bits per heavy atom. The summed E-state index contributed by atoms with van der Waals surface area (Å²) in [4.78, 5) is 3.85. The lowest BCUT2D eigenvalue weighted by Gasteiger charge is -2.05. The SMILES string of the molecule is CC[C@@H](O)c1ccc(Cl)nc1. The van der Waals surface area contributed by atoms with E-state index in [1.807, 2.05) is 6.92 Å². The maximum absolute atomic E-state index is 9.34. The van der Waals surface area contributed by atoms with E-state index in [1.54, 1.807) is 18.3 Å². The normalized spacial score (nSPS) is 13.0. The van der Waals surface area contributed by atoms with E-state index in [2.05, 4.69) is 4.98 Å². The fourth-order valence-corrected chi connectivity index (χ4v) is 0.932. The Balaban J connectivity index is 2.81. The first-order valence-electron chi connectivity index (χ1n) is 3.53. The summed E-state index contributed by atoms with van der Waals surface area (Å²) in [5.41, 5.74) is 0.817. The van der Waals surface area contributed by atoms with E-state index in [1.165, 1.54) is 0 Å². The minimum Gasteiger partial charge on any atom is -0.388 e. The number of pyridine rings is 1. The van der Waals surface area contributed by atoms with Gasteiger partial charge in [-0.25, -0.2) is 4.98 Å². The summed E-state index contributed by atoms with van der Waals surface area (Å²) >= 11 is 5.57. The molecule has 0 unspecified atom stereocenters. The summed E-state index contributed by atoms with van der Waals surface area (Å²) in [6, 6.07) is 3.46. The summed E-state index contributed by atoms with van der Waals surface area (Å²) in [7, 11) is 0. The van der Waals surface area contributed by atoms with Crippen molar-refractivity contribution < 1.29 is 5.11 Å². The van der Waals surface area contributed by atoms with Gasteiger partial charge in [-0.2, -0.15) is 0 Å². The first kappa shape index (κ1) is 8.50. The molecule has 0 saturated carbocycles. The molecule has 0 aliphatic heterocycles. The van der Waals surface area contributed by atoms with Crippen LogP contribution in [0.3, 0.4) is 0 Å². The first-order valence-corrected chi connectivity index (χ1v) is 3.91. The lowest BCUT2D eigenvalue weighted by atomic mass is 10.1. The molecule has 0 spiro atoms. The number of nitrogens with zero attached hydrogens (tertiary/aromatic N) is 1. The van der Waals surface area contributed by atoms with E-state index in [9.17, 15) is 5.11 Å². The molecule has 0 radical (unpaired) electrons. The van der Waals surface area contributed by atoms with Crippen LogP contribution in [0.2, 0.25) is 5.15 Å². The summed E-state index contributed by atoms with van der Waals surface area (Å²) in [5.74, 6) is 0. The molecule has 0 aliphatic rings. The van der Waals surface area contributed by atoms with Crippen LogP contribution in [0.15, 0.2) is 18.3 Å². The standard InChI is InChI=1S/C8H10ClNO/c1-2-7(11)6-3-4-8(9)10-5-6/h3-5,7,11H,2H2,1H3/t7-/m1/s1.